The summed E-state index contributed by atoms with van der Waals surface area (Å²) in [6, 6.07) is 8.37. The maximum atomic E-state index is 12.7. The van der Waals surface area contributed by atoms with Crippen molar-refractivity contribution in [3.05, 3.63) is 56.3 Å². The fourth-order valence-corrected chi connectivity index (χ4v) is 3.44. The smallest absolute Gasteiger partial charge is 0.270 e. The van der Waals surface area contributed by atoms with Crippen LogP contribution in [0.1, 0.15) is 21.3 Å². The number of anilines is 1. The Morgan fingerprint density at radius 3 is 2.52 bits per heavy atom. The van der Waals surface area contributed by atoms with Gasteiger partial charge in [0.25, 0.3) is 11.6 Å². The number of nitro benzene ring substituents is 1. The predicted molar refractivity (Wildman–Crippen MR) is 101 cm³/mol. The summed E-state index contributed by atoms with van der Waals surface area (Å²) >= 11 is 1.63. The van der Waals surface area contributed by atoms with Crippen molar-refractivity contribution in [1.29, 1.82) is 0 Å². The molecular weight excluding hydrogens is 340 g/mol. The molecule has 8 heteroatoms. The second kappa shape index (κ2) is 8.09. The zero-order valence-corrected chi connectivity index (χ0v) is 15.5. The van der Waals surface area contributed by atoms with Crippen molar-refractivity contribution in [3.8, 4) is 0 Å². The lowest BCUT2D eigenvalue weighted by Gasteiger charge is -2.24. The summed E-state index contributed by atoms with van der Waals surface area (Å²) in [4.78, 5) is 28.1. The number of thiophene rings is 1. The normalized spacial score (nSPS) is 12.0. The van der Waals surface area contributed by atoms with Gasteiger partial charge in [-0.15, -0.1) is 11.3 Å². The number of nitro groups is 1. The van der Waals surface area contributed by atoms with Crippen LogP contribution in [0.2, 0.25) is 0 Å². The molecule has 1 aromatic heterocycles. The number of carbonyl (C=O) groups excluding carboxylic acids is 1. The zero-order chi connectivity index (χ0) is 18.6. The maximum Gasteiger partial charge on any atom is 0.270 e. The molecule has 7 nitrogen and oxygen atoms in total. The highest BCUT2D eigenvalue weighted by Gasteiger charge is 2.20. The molecule has 2 rings (SSSR count). The molecule has 25 heavy (non-hydrogen) atoms. The van der Waals surface area contributed by atoms with Crippen molar-refractivity contribution in [3.63, 3.8) is 0 Å². The summed E-state index contributed by atoms with van der Waals surface area (Å²) in [5, 5.41) is 15.9. The molecule has 0 aliphatic rings. The Morgan fingerprint density at radius 2 is 2.00 bits per heavy atom. The lowest BCUT2D eigenvalue weighted by Crippen LogP contribution is -2.34. The Labute approximate surface area is 151 Å². The molecule has 1 heterocycles. The quantitative estimate of drug-likeness (QED) is 0.605. The first kappa shape index (κ1) is 18.9. The third kappa shape index (κ3) is 4.55. The average Bonchev–Trinajstić information content (AvgIpc) is 3.07. The van der Waals surface area contributed by atoms with Crippen molar-refractivity contribution in [2.24, 2.45) is 0 Å². The summed E-state index contributed by atoms with van der Waals surface area (Å²) in [5.74, 6) is -0.323. The third-order valence-electron chi connectivity index (χ3n) is 3.87. The van der Waals surface area contributed by atoms with Crippen LogP contribution in [-0.4, -0.2) is 50.5 Å². The molecule has 0 aliphatic heterocycles. The standard InChI is InChI=1S/C17H22N4O3S/c1-19(2)14-8-7-12(21(23)24)10-13(14)17(22)18-11-15(20(3)4)16-6-5-9-25-16/h5-10,15H,11H2,1-4H3,(H,18,22). The van der Waals surface area contributed by atoms with Crippen LogP contribution in [-0.2, 0) is 0 Å². The van der Waals surface area contributed by atoms with Gasteiger partial charge in [-0.3, -0.25) is 14.9 Å². The number of benzene rings is 1. The van der Waals surface area contributed by atoms with Gasteiger partial charge in [0.1, 0.15) is 0 Å². The zero-order valence-electron chi connectivity index (χ0n) is 14.7. The van der Waals surface area contributed by atoms with E-state index >= 15 is 0 Å². The first-order valence-corrected chi connectivity index (χ1v) is 8.63. The van der Waals surface area contributed by atoms with E-state index in [1.807, 2.05) is 36.5 Å². The highest BCUT2D eigenvalue weighted by molar-refractivity contribution is 7.10. The third-order valence-corrected chi connectivity index (χ3v) is 4.84. The molecule has 1 N–H and O–H groups in total. The van der Waals surface area contributed by atoms with Crippen molar-refractivity contribution in [1.82, 2.24) is 10.2 Å². The number of amides is 1. The summed E-state index contributed by atoms with van der Waals surface area (Å²) < 4.78 is 0. The van der Waals surface area contributed by atoms with Crippen LogP contribution in [0.4, 0.5) is 11.4 Å². The first-order chi connectivity index (χ1) is 11.8. The van der Waals surface area contributed by atoms with Gasteiger partial charge in [-0.25, -0.2) is 0 Å². The molecule has 134 valence electrons. The fraction of sp³-hybridized carbons (Fsp3) is 0.353. The van der Waals surface area contributed by atoms with E-state index in [9.17, 15) is 14.9 Å². The minimum absolute atomic E-state index is 0.0467. The number of hydrogen-bond donors (Lipinski definition) is 1. The van der Waals surface area contributed by atoms with Gasteiger partial charge in [0.05, 0.1) is 16.5 Å². The van der Waals surface area contributed by atoms with Crippen LogP contribution in [0.3, 0.4) is 0 Å². The number of non-ortho nitro benzene ring substituents is 1. The highest BCUT2D eigenvalue weighted by Crippen LogP contribution is 2.25. The van der Waals surface area contributed by atoms with Gasteiger partial charge in [-0.05, 0) is 31.6 Å². The molecule has 0 fully saturated rings. The van der Waals surface area contributed by atoms with Crippen molar-refractivity contribution < 1.29 is 9.72 Å². The Kier molecular flexibility index (Phi) is 6.11. The van der Waals surface area contributed by atoms with E-state index in [1.54, 1.807) is 36.4 Å². The Morgan fingerprint density at radius 1 is 1.28 bits per heavy atom. The lowest BCUT2D eigenvalue weighted by atomic mass is 10.1. The van der Waals surface area contributed by atoms with Gasteiger partial charge < -0.3 is 15.1 Å². The largest absolute Gasteiger partial charge is 0.377 e. The molecule has 0 bridgehead atoms. The molecule has 1 atom stereocenters. The van der Waals surface area contributed by atoms with Crippen LogP contribution in [0.5, 0.6) is 0 Å². The highest BCUT2D eigenvalue weighted by atomic mass is 32.1. The number of nitrogens with one attached hydrogen (secondary N) is 1. The fourth-order valence-electron chi connectivity index (χ4n) is 2.51. The minimum atomic E-state index is -0.496. The molecule has 0 saturated carbocycles. The lowest BCUT2D eigenvalue weighted by molar-refractivity contribution is -0.384. The van der Waals surface area contributed by atoms with Gasteiger partial charge in [0, 0.05) is 43.3 Å². The van der Waals surface area contributed by atoms with Gasteiger partial charge >= 0.3 is 0 Å². The molecule has 0 aliphatic carbocycles. The molecule has 1 unspecified atom stereocenters. The molecular formula is C17H22N4O3S. The van der Waals surface area contributed by atoms with E-state index in [0.29, 0.717) is 17.8 Å². The van der Waals surface area contributed by atoms with Gasteiger partial charge in [-0.2, -0.15) is 0 Å². The molecule has 1 aromatic carbocycles. The van der Waals surface area contributed by atoms with E-state index in [0.717, 1.165) is 4.88 Å². The van der Waals surface area contributed by atoms with E-state index in [-0.39, 0.29) is 17.6 Å². The van der Waals surface area contributed by atoms with E-state index in [4.69, 9.17) is 0 Å². The van der Waals surface area contributed by atoms with Crippen LogP contribution >= 0.6 is 11.3 Å². The average molecular weight is 362 g/mol. The number of nitrogens with zero attached hydrogens (tertiary/aromatic N) is 3. The van der Waals surface area contributed by atoms with Crippen LogP contribution in [0.25, 0.3) is 0 Å². The molecule has 0 spiro atoms. The number of carbonyl (C=O) groups is 1. The maximum absolute atomic E-state index is 12.7. The van der Waals surface area contributed by atoms with Crippen molar-refractivity contribution in [2.75, 3.05) is 39.6 Å². The van der Waals surface area contributed by atoms with Crippen molar-refractivity contribution in [2.45, 2.75) is 6.04 Å². The minimum Gasteiger partial charge on any atom is -0.377 e. The number of rotatable bonds is 7. The Hall–Kier alpha value is -2.45. The van der Waals surface area contributed by atoms with Crippen LogP contribution in [0, 0.1) is 10.1 Å². The summed E-state index contributed by atoms with van der Waals surface area (Å²) in [5.41, 5.74) is 0.835. The number of likely N-dealkylation sites (N-methyl/N-ethyl adjacent to an activating group) is 1. The van der Waals surface area contributed by atoms with E-state index < -0.39 is 4.92 Å². The first-order valence-electron chi connectivity index (χ1n) is 7.75. The predicted octanol–water partition coefficient (Wildman–Crippen LogP) is 2.76. The van der Waals surface area contributed by atoms with Gasteiger partial charge in [0.15, 0.2) is 0 Å². The second-order valence-corrected chi connectivity index (χ2v) is 7.04. The SMILES string of the molecule is CN(C)c1ccc([N+](=O)[O-])cc1C(=O)NCC(c1cccs1)N(C)C. The second-order valence-electron chi connectivity index (χ2n) is 6.06. The molecule has 0 radical (unpaired) electrons. The number of hydrogen-bond acceptors (Lipinski definition) is 6. The Balaban J connectivity index is 2.22. The molecule has 2 aromatic rings. The summed E-state index contributed by atoms with van der Waals surface area (Å²) in [6.45, 7) is 0.419. The topological polar surface area (TPSA) is 78.7 Å². The van der Waals surface area contributed by atoms with Crippen LogP contribution in [0.15, 0.2) is 35.7 Å². The van der Waals surface area contributed by atoms with Crippen LogP contribution < -0.4 is 10.2 Å². The molecule has 0 saturated heterocycles. The molecule has 1 amide bonds. The summed E-state index contributed by atoms with van der Waals surface area (Å²) in [7, 11) is 7.50. The van der Waals surface area contributed by atoms with Crippen molar-refractivity contribution >= 4 is 28.6 Å². The van der Waals surface area contributed by atoms with E-state index in [2.05, 4.69) is 5.32 Å². The van der Waals surface area contributed by atoms with Gasteiger partial charge in [-0.1, -0.05) is 6.07 Å². The monoisotopic (exact) mass is 362 g/mol. The summed E-state index contributed by atoms with van der Waals surface area (Å²) in [6.07, 6.45) is 0. The Bertz CT molecular complexity index is 744. The van der Waals surface area contributed by atoms with Gasteiger partial charge in [0.2, 0.25) is 0 Å². The van der Waals surface area contributed by atoms with E-state index in [1.165, 1.54) is 12.1 Å².